The molecule has 3 amide bonds. The fourth-order valence-corrected chi connectivity index (χ4v) is 3.93. The summed E-state index contributed by atoms with van der Waals surface area (Å²) in [5, 5.41) is 36.2. The first-order valence-electron chi connectivity index (χ1n) is 12.8. The molecule has 0 radical (unpaired) electrons. The highest BCUT2D eigenvalue weighted by Gasteiger charge is 2.30. The molecule has 1 aromatic carbocycles. The van der Waals surface area contributed by atoms with Gasteiger partial charge in [-0.05, 0) is 30.9 Å². The molecular weight excluding hydrogens is 540 g/mol. The van der Waals surface area contributed by atoms with Crippen molar-refractivity contribution >= 4 is 46.5 Å². The van der Waals surface area contributed by atoms with Gasteiger partial charge in [0.1, 0.15) is 18.1 Å². The zero-order valence-electron chi connectivity index (χ0n) is 22.2. The number of aliphatic hydroxyl groups is 1. The number of nitrogens with one attached hydrogen (secondary N) is 4. The maximum atomic E-state index is 12.9. The zero-order valence-corrected chi connectivity index (χ0v) is 22.2. The third-order valence-electron chi connectivity index (χ3n) is 6.11. The van der Waals surface area contributed by atoms with Crippen LogP contribution in [-0.4, -0.2) is 93.2 Å². The van der Waals surface area contributed by atoms with Gasteiger partial charge < -0.3 is 53.5 Å². The molecular formula is C25H36N8O8. The Morgan fingerprint density at radius 3 is 2.17 bits per heavy atom. The van der Waals surface area contributed by atoms with E-state index in [0.29, 0.717) is 12.0 Å². The minimum atomic E-state index is -1.59. The van der Waals surface area contributed by atoms with Crippen LogP contribution < -0.4 is 33.2 Å². The fourth-order valence-electron chi connectivity index (χ4n) is 3.93. The molecule has 4 unspecified atom stereocenters. The summed E-state index contributed by atoms with van der Waals surface area (Å²) >= 11 is 0. The highest BCUT2D eigenvalue weighted by molar-refractivity contribution is 5.94. The molecule has 2 rings (SSSR count). The Labute approximate surface area is 234 Å². The molecule has 2 aromatic rings. The van der Waals surface area contributed by atoms with Gasteiger partial charge in [0, 0.05) is 36.5 Å². The van der Waals surface area contributed by atoms with Crippen LogP contribution in [0.1, 0.15) is 31.2 Å². The molecule has 1 aromatic heterocycles. The predicted molar refractivity (Wildman–Crippen MR) is 147 cm³/mol. The Hall–Kier alpha value is -4.70. The smallest absolute Gasteiger partial charge is 0.326 e. The number of aliphatic imine (C=N–C) groups is 1. The summed E-state index contributed by atoms with van der Waals surface area (Å²) in [5.41, 5.74) is 17.7. The summed E-state index contributed by atoms with van der Waals surface area (Å²) in [6, 6.07) is 1.72. The fraction of sp³-hybridized carbons (Fsp3) is 0.440. The average molecular weight is 577 g/mol. The topological polar surface area (TPSA) is 288 Å². The molecule has 13 N–H and O–H groups in total. The van der Waals surface area contributed by atoms with E-state index in [2.05, 4.69) is 25.9 Å². The van der Waals surface area contributed by atoms with Crippen LogP contribution in [0.25, 0.3) is 10.9 Å². The van der Waals surface area contributed by atoms with Gasteiger partial charge in [-0.15, -0.1) is 0 Å². The monoisotopic (exact) mass is 576 g/mol. The molecule has 0 spiro atoms. The van der Waals surface area contributed by atoms with Crippen molar-refractivity contribution in [1.29, 1.82) is 0 Å². The summed E-state index contributed by atoms with van der Waals surface area (Å²) in [7, 11) is 0. The summed E-state index contributed by atoms with van der Waals surface area (Å²) in [6.07, 6.45) is 1.21. The molecule has 16 heteroatoms. The van der Waals surface area contributed by atoms with E-state index in [1.165, 1.54) is 0 Å². The van der Waals surface area contributed by atoms with Gasteiger partial charge in [0.15, 0.2) is 5.96 Å². The van der Waals surface area contributed by atoms with Crippen molar-refractivity contribution in [3.63, 3.8) is 0 Å². The molecule has 1 heterocycles. The second kappa shape index (κ2) is 15.8. The number of nitrogens with two attached hydrogens (primary N) is 3. The largest absolute Gasteiger partial charge is 0.481 e. The minimum Gasteiger partial charge on any atom is -0.481 e. The van der Waals surface area contributed by atoms with Crippen LogP contribution in [0.5, 0.6) is 0 Å². The van der Waals surface area contributed by atoms with Crippen molar-refractivity contribution in [3.05, 3.63) is 36.0 Å². The number of amides is 3. The molecule has 0 aliphatic rings. The van der Waals surface area contributed by atoms with Crippen molar-refractivity contribution in [3.8, 4) is 0 Å². The highest BCUT2D eigenvalue weighted by Crippen LogP contribution is 2.19. The first-order chi connectivity index (χ1) is 19.4. The number of hydrogen-bond acceptors (Lipinski definition) is 8. The van der Waals surface area contributed by atoms with Crippen LogP contribution in [0.15, 0.2) is 35.5 Å². The first kappa shape index (κ1) is 32.5. The van der Waals surface area contributed by atoms with Gasteiger partial charge in [-0.1, -0.05) is 18.2 Å². The van der Waals surface area contributed by atoms with Crippen LogP contribution >= 0.6 is 0 Å². The number of H-pyrrole nitrogens is 1. The van der Waals surface area contributed by atoms with Crippen molar-refractivity contribution in [2.45, 2.75) is 56.3 Å². The number of carbonyl (C=O) groups is 5. The van der Waals surface area contributed by atoms with Gasteiger partial charge in [-0.25, -0.2) is 4.79 Å². The van der Waals surface area contributed by atoms with E-state index < -0.39 is 66.9 Å². The molecule has 0 saturated carbocycles. The predicted octanol–water partition coefficient (Wildman–Crippen LogP) is -2.51. The second-order valence-electron chi connectivity index (χ2n) is 9.26. The molecule has 16 nitrogen and oxygen atoms in total. The number of aliphatic carboxylic acids is 2. The van der Waals surface area contributed by atoms with Crippen LogP contribution in [0.4, 0.5) is 0 Å². The standard InChI is InChI=1S/C25H36N8O8/c26-15(5-3-9-29-25(27)28)21(37)31-17(7-8-20(35)36)22(38)33-19(12-34)23(39)32-18(24(40)41)10-13-11-30-16-6-2-1-4-14(13)16/h1-2,4,6,11,15,17-19,30,34H,3,5,7-10,12,26H2,(H,31,37)(H,32,39)(H,33,38)(H,35,36)(H,40,41)(H4,27,28,29). The molecule has 0 aliphatic heterocycles. The first-order valence-corrected chi connectivity index (χ1v) is 12.8. The maximum Gasteiger partial charge on any atom is 0.326 e. The molecule has 4 atom stereocenters. The normalized spacial score (nSPS) is 13.8. The van der Waals surface area contributed by atoms with E-state index in [1.807, 2.05) is 12.1 Å². The van der Waals surface area contributed by atoms with Crippen LogP contribution in [0.3, 0.4) is 0 Å². The Balaban J connectivity index is 2.06. The van der Waals surface area contributed by atoms with Crippen LogP contribution in [-0.2, 0) is 30.4 Å². The Morgan fingerprint density at radius 2 is 1.54 bits per heavy atom. The van der Waals surface area contributed by atoms with E-state index in [0.717, 1.165) is 10.9 Å². The number of fused-ring (bicyclic) bond motifs is 1. The minimum absolute atomic E-state index is 0.0877. The van der Waals surface area contributed by atoms with Crippen molar-refractivity contribution in [1.82, 2.24) is 20.9 Å². The quantitative estimate of drug-likeness (QED) is 0.0533. The lowest BCUT2D eigenvalue weighted by molar-refractivity contribution is -0.142. The van der Waals surface area contributed by atoms with Crippen molar-refractivity contribution in [2.75, 3.05) is 13.2 Å². The van der Waals surface area contributed by atoms with E-state index >= 15 is 0 Å². The van der Waals surface area contributed by atoms with Gasteiger partial charge in [-0.2, -0.15) is 0 Å². The number of rotatable bonds is 17. The number of aromatic nitrogens is 1. The summed E-state index contributed by atoms with van der Waals surface area (Å²) in [4.78, 5) is 68.1. The Morgan fingerprint density at radius 1 is 0.902 bits per heavy atom. The summed E-state index contributed by atoms with van der Waals surface area (Å²) < 4.78 is 0. The number of hydrogen-bond donors (Lipinski definition) is 10. The second-order valence-corrected chi connectivity index (χ2v) is 9.26. The lowest BCUT2D eigenvalue weighted by Gasteiger charge is -2.24. The van der Waals surface area contributed by atoms with E-state index in [9.17, 15) is 34.2 Å². The lowest BCUT2D eigenvalue weighted by Crippen LogP contribution is -2.58. The highest BCUT2D eigenvalue weighted by atomic mass is 16.4. The zero-order chi connectivity index (χ0) is 30.5. The number of para-hydroxylation sites is 1. The van der Waals surface area contributed by atoms with Gasteiger partial charge in [0.25, 0.3) is 0 Å². The van der Waals surface area contributed by atoms with Crippen molar-refractivity contribution in [2.24, 2.45) is 22.2 Å². The van der Waals surface area contributed by atoms with Crippen LogP contribution in [0.2, 0.25) is 0 Å². The number of guanidine groups is 1. The van der Waals surface area contributed by atoms with Crippen LogP contribution in [0, 0.1) is 0 Å². The van der Waals surface area contributed by atoms with Gasteiger partial charge >= 0.3 is 11.9 Å². The molecule has 41 heavy (non-hydrogen) atoms. The molecule has 0 fully saturated rings. The number of aliphatic hydroxyl groups excluding tert-OH is 1. The Bertz CT molecular complexity index is 1260. The number of benzene rings is 1. The third-order valence-corrected chi connectivity index (χ3v) is 6.11. The van der Waals surface area contributed by atoms with Gasteiger partial charge in [0.2, 0.25) is 17.7 Å². The number of carboxylic acid groups (broad SMARTS) is 2. The number of carboxylic acids is 2. The van der Waals surface area contributed by atoms with Gasteiger partial charge in [-0.3, -0.25) is 24.2 Å². The van der Waals surface area contributed by atoms with E-state index in [-0.39, 0.29) is 31.8 Å². The SMILES string of the molecule is NC(N)=NCCCC(N)C(=O)NC(CCC(=O)O)C(=O)NC(CO)C(=O)NC(Cc1c[nH]c2ccccc12)C(=O)O. The summed E-state index contributed by atoms with van der Waals surface area (Å²) in [5.74, 6) is -5.42. The molecule has 0 bridgehead atoms. The lowest BCUT2D eigenvalue weighted by atomic mass is 10.0. The van der Waals surface area contributed by atoms with Gasteiger partial charge in [0.05, 0.1) is 12.6 Å². The number of aromatic amines is 1. The van der Waals surface area contributed by atoms with E-state index in [4.69, 9.17) is 22.3 Å². The average Bonchev–Trinajstić information content (AvgIpc) is 3.33. The maximum absolute atomic E-state index is 12.9. The Kier molecular flexibility index (Phi) is 12.5. The molecule has 0 saturated heterocycles. The molecule has 0 aliphatic carbocycles. The molecule has 224 valence electrons. The number of nitrogens with zero attached hydrogens (tertiary/aromatic N) is 1. The third kappa shape index (κ3) is 10.4. The van der Waals surface area contributed by atoms with Crippen molar-refractivity contribution < 1.29 is 39.3 Å². The van der Waals surface area contributed by atoms with E-state index in [1.54, 1.807) is 18.3 Å². The number of carbonyl (C=O) groups excluding carboxylic acids is 3. The summed E-state index contributed by atoms with van der Waals surface area (Å²) in [6.45, 7) is -0.682.